The Morgan fingerprint density at radius 2 is 1.57 bits per heavy atom. The Labute approximate surface area is 179 Å². The molecule has 0 spiro atoms. The molecule has 2 heterocycles. The minimum atomic E-state index is -0.0440. The number of nitrogens with zero attached hydrogens (tertiary/aromatic N) is 4. The summed E-state index contributed by atoms with van der Waals surface area (Å²) >= 11 is 1.37. The lowest BCUT2D eigenvalue weighted by Crippen LogP contribution is -2.24. The average molecular weight is 416 g/mol. The molecule has 4 aromatic rings. The number of pyridine rings is 1. The number of aromatic nitrogens is 4. The molecular weight excluding hydrogens is 394 g/mol. The highest BCUT2D eigenvalue weighted by molar-refractivity contribution is 7.99. The van der Waals surface area contributed by atoms with E-state index < -0.39 is 0 Å². The van der Waals surface area contributed by atoms with Crippen molar-refractivity contribution < 1.29 is 4.79 Å². The van der Waals surface area contributed by atoms with E-state index in [9.17, 15) is 4.79 Å². The molecule has 4 rings (SSSR count). The molecule has 0 fully saturated rings. The Hall–Kier alpha value is -3.45. The van der Waals surface area contributed by atoms with Crippen molar-refractivity contribution in [1.82, 2.24) is 25.1 Å². The molecule has 0 radical (unpaired) electrons. The van der Waals surface area contributed by atoms with Crippen LogP contribution in [0, 0.1) is 0 Å². The van der Waals surface area contributed by atoms with E-state index in [2.05, 4.69) is 32.6 Å². The number of rotatable bonds is 8. The Kier molecular flexibility index (Phi) is 6.51. The lowest BCUT2D eigenvalue weighted by molar-refractivity contribution is -0.118. The fourth-order valence-electron chi connectivity index (χ4n) is 2.97. The first-order chi connectivity index (χ1) is 14.8. The van der Waals surface area contributed by atoms with Gasteiger partial charge in [0.05, 0.1) is 12.3 Å². The minimum absolute atomic E-state index is 0.0440. The van der Waals surface area contributed by atoms with E-state index in [0.717, 1.165) is 16.8 Å². The van der Waals surface area contributed by atoms with Gasteiger partial charge in [-0.2, -0.15) is 0 Å². The summed E-state index contributed by atoms with van der Waals surface area (Å²) in [5.41, 5.74) is 2.95. The van der Waals surface area contributed by atoms with Crippen LogP contribution in [0.15, 0.2) is 90.2 Å². The zero-order chi connectivity index (χ0) is 20.6. The second kappa shape index (κ2) is 9.84. The van der Waals surface area contributed by atoms with Crippen molar-refractivity contribution >= 4 is 17.7 Å². The SMILES string of the molecule is O=C(CSc1nnc(-c2ccccn2)n1Cc1ccccc1)NCc1ccccc1. The van der Waals surface area contributed by atoms with Gasteiger partial charge in [0.25, 0.3) is 0 Å². The van der Waals surface area contributed by atoms with Gasteiger partial charge in [0, 0.05) is 12.7 Å². The summed E-state index contributed by atoms with van der Waals surface area (Å²) in [7, 11) is 0. The molecule has 150 valence electrons. The quantitative estimate of drug-likeness (QED) is 0.443. The van der Waals surface area contributed by atoms with E-state index in [4.69, 9.17) is 0 Å². The van der Waals surface area contributed by atoms with Crippen molar-refractivity contribution in [2.45, 2.75) is 18.2 Å². The second-order valence-corrected chi connectivity index (χ2v) is 7.59. The molecule has 0 bridgehead atoms. The molecule has 2 aromatic heterocycles. The molecule has 0 aliphatic carbocycles. The van der Waals surface area contributed by atoms with E-state index in [-0.39, 0.29) is 11.7 Å². The average Bonchev–Trinajstić information content (AvgIpc) is 3.20. The van der Waals surface area contributed by atoms with Gasteiger partial charge in [-0.25, -0.2) is 0 Å². The number of hydrogen-bond donors (Lipinski definition) is 1. The van der Waals surface area contributed by atoms with Crippen LogP contribution in [-0.4, -0.2) is 31.4 Å². The molecular formula is C23H21N5OS. The molecule has 1 amide bonds. The summed E-state index contributed by atoms with van der Waals surface area (Å²) in [4.78, 5) is 16.7. The van der Waals surface area contributed by atoms with E-state index in [1.807, 2.05) is 71.3 Å². The van der Waals surface area contributed by atoms with E-state index >= 15 is 0 Å². The Morgan fingerprint density at radius 1 is 0.867 bits per heavy atom. The van der Waals surface area contributed by atoms with Gasteiger partial charge in [0.1, 0.15) is 5.69 Å². The number of carbonyl (C=O) groups is 1. The van der Waals surface area contributed by atoms with E-state index in [1.54, 1.807) is 6.20 Å². The normalized spacial score (nSPS) is 10.7. The predicted octanol–water partition coefficient (Wildman–Crippen LogP) is 3.80. The first kappa shape index (κ1) is 19.8. The first-order valence-corrected chi connectivity index (χ1v) is 10.6. The highest BCUT2D eigenvalue weighted by Crippen LogP contribution is 2.24. The molecule has 2 aromatic carbocycles. The van der Waals surface area contributed by atoms with Crippen LogP contribution in [-0.2, 0) is 17.9 Å². The lowest BCUT2D eigenvalue weighted by atomic mass is 10.2. The smallest absolute Gasteiger partial charge is 0.230 e. The van der Waals surface area contributed by atoms with Gasteiger partial charge in [0.2, 0.25) is 5.91 Å². The Bertz CT molecular complexity index is 1080. The maximum atomic E-state index is 12.3. The van der Waals surface area contributed by atoms with Crippen molar-refractivity contribution in [1.29, 1.82) is 0 Å². The molecule has 0 atom stereocenters. The number of carbonyl (C=O) groups excluding carboxylic acids is 1. The zero-order valence-electron chi connectivity index (χ0n) is 16.3. The van der Waals surface area contributed by atoms with Crippen LogP contribution in [0.2, 0.25) is 0 Å². The second-order valence-electron chi connectivity index (χ2n) is 6.64. The summed E-state index contributed by atoms with van der Waals surface area (Å²) in [5, 5.41) is 12.3. The third-order valence-electron chi connectivity index (χ3n) is 4.46. The van der Waals surface area contributed by atoms with Gasteiger partial charge < -0.3 is 5.32 Å². The molecule has 30 heavy (non-hydrogen) atoms. The van der Waals surface area contributed by atoms with Crippen molar-refractivity contribution in [2.24, 2.45) is 0 Å². The summed E-state index contributed by atoms with van der Waals surface area (Å²) < 4.78 is 2.01. The monoisotopic (exact) mass is 415 g/mol. The van der Waals surface area contributed by atoms with Gasteiger partial charge in [-0.3, -0.25) is 14.3 Å². The summed E-state index contributed by atoms with van der Waals surface area (Å²) in [5.74, 6) is 0.909. The zero-order valence-corrected chi connectivity index (χ0v) is 17.1. The largest absolute Gasteiger partial charge is 0.351 e. The van der Waals surface area contributed by atoms with Gasteiger partial charge in [-0.15, -0.1) is 10.2 Å². The van der Waals surface area contributed by atoms with E-state index in [1.165, 1.54) is 11.8 Å². The highest BCUT2D eigenvalue weighted by Gasteiger charge is 2.16. The molecule has 0 aliphatic rings. The number of thioether (sulfide) groups is 1. The van der Waals surface area contributed by atoms with Gasteiger partial charge in [0.15, 0.2) is 11.0 Å². The summed E-state index contributed by atoms with van der Waals surface area (Å²) in [6.07, 6.45) is 1.74. The third kappa shape index (κ3) is 5.12. The molecule has 0 saturated carbocycles. The molecule has 0 unspecified atom stereocenters. The van der Waals surface area contributed by atoms with Crippen molar-refractivity contribution in [3.8, 4) is 11.5 Å². The maximum Gasteiger partial charge on any atom is 0.230 e. The highest BCUT2D eigenvalue weighted by atomic mass is 32.2. The van der Waals surface area contributed by atoms with Gasteiger partial charge in [-0.1, -0.05) is 78.5 Å². The molecule has 0 aliphatic heterocycles. The molecule has 0 saturated heterocycles. The first-order valence-electron chi connectivity index (χ1n) is 9.61. The van der Waals surface area contributed by atoms with Crippen LogP contribution in [0.25, 0.3) is 11.5 Å². The van der Waals surface area contributed by atoms with Crippen LogP contribution in [0.5, 0.6) is 0 Å². The number of hydrogen-bond acceptors (Lipinski definition) is 5. The third-order valence-corrected chi connectivity index (χ3v) is 5.43. The van der Waals surface area contributed by atoms with Crippen LogP contribution in [0.1, 0.15) is 11.1 Å². The standard InChI is InChI=1S/C23H21N5OS/c29-21(25-15-18-9-3-1-4-10-18)17-30-23-27-26-22(20-13-7-8-14-24-20)28(23)16-19-11-5-2-6-12-19/h1-14H,15-17H2,(H,25,29). The summed E-state index contributed by atoms with van der Waals surface area (Å²) in [6.45, 7) is 1.11. The van der Waals surface area contributed by atoms with Crippen LogP contribution < -0.4 is 5.32 Å². The predicted molar refractivity (Wildman–Crippen MR) is 118 cm³/mol. The van der Waals surface area contributed by atoms with Crippen molar-refractivity contribution in [3.63, 3.8) is 0 Å². The Balaban J connectivity index is 1.48. The minimum Gasteiger partial charge on any atom is -0.351 e. The van der Waals surface area contributed by atoms with Gasteiger partial charge >= 0.3 is 0 Å². The fraction of sp³-hybridized carbons (Fsp3) is 0.130. The van der Waals surface area contributed by atoms with Crippen LogP contribution in [0.3, 0.4) is 0 Å². The lowest BCUT2D eigenvalue weighted by Gasteiger charge is -2.10. The number of nitrogens with one attached hydrogen (secondary N) is 1. The topological polar surface area (TPSA) is 72.7 Å². The van der Waals surface area contributed by atoms with Gasteiger partial charge in [-0.05, 0) is 23.3 Å². The Morgan fingerprint density at radius 3 is 2.27 bits per heavy atom. The molecule has 1 N–H and O–H groups in total. The van der Waals surface area contributed by atoms with Crippen LogP contribution >= 0.6 is 11.8 Å². The van der Waals surface area contributed by atoms with Crippen LogP contribution in [0.4, 0.5) is 0 Å². The number of benzene rings is 2. The maximum absolute atomic E-state index is 12.3. The van der Waals surface area contributed by atoms with E-state index in [0.29, 0.717) is 24.1 Å². The fourth-order valence-corrected chi connectivity index (χ4v) is 3.73. The van der Waals surface area contributed by atoms with Crippen molar-refractivity contribution in [3.05, 3.63) is 96.2 Å². The number of amides is 1. The molecule has 7 heteroatoms. The summed E-state index contributed by atoms with van der Waals surface area (Å²) in [6, 6.07) is 25.7. The molecule has 6 nitrogen and oxygen atoms in total. The van der Waals surface area contributed by atoms with Crippen molar-refractivity contribution in [2.75, 3.05) is 5.75 Å².